The molecule has 0 spiro atoms. The fourth-order valence-electron chi connectivity index (χ4n) is 2.67. The van der Waals surface area contributed by atoms with Gasteiger partial charge in [0.2, 0.25) is 0 Å². The van der Waals surface area contributed by atoms with Gasteiger partial charge in [-0.25, -0.2) is 20.4 Å². The molecule has 0 aliphatic carbocycles. The van der Waals surface area contributed by atoms with E-state index in [2.05, 4.69) is 20.4 Å². The van der Waals surface area contributed by atoms with Gasteiger partial charge in [0, 0.05) is 24.8 Å². The summed E-state index contributed by atoms with van der Waals surface area (Å²) >= 11 is 0. The van der Waals surface area contributed by atoms with Gasteiger partial charge in [0.1, 0.15) is 0 Å². The van der Waals surface area contributed by atoms with Gasteiger partial charge >= 0.3 is 36.2 Å². The van der Waals surface area contributed by atoms with Crippen LogP contribution in [0.2, 0.25) is 0 Å². The summed E-state index contributed by atoms with van der Waals surface area (Å²) < 4.78 is 7.25. The molecule has 104 valence electrons. The van der Waals surface area contributed by atoms with E-state index in [1.165, 1.54) is 0 Å². The molecule has 0 amide bonds. The fourth-order valence-corrected chi connectivity index (χ4v) is 2.67. The molecule has 0 fully saturated rings. The standard InChI is InChI=1S/C12H12BN8.Na/c1-5-14-18(9-1)13(19-10-2-6-15-19,20-11-3-7-16-20)21-12-4-8-17-21;/h1-12H;/q-1;+1. The van der Waals surface area contributed by atoms with Crippen LogP contribution in [0.1, 0.15) is 0 Å². The van der Waals surface area contributed by atoms with Crippen LogP contribution >= 0.6 is 0 Å². The van der Waals surface area contributed by atoms with Crippen molar-refractivity contribution in [2.45, 2.75) is 0 Å². The Balaban J connectivity index is 0.00000144. The Morgan fingerprint density at radius 2 is 0.773 bits per heavy atom. The van der Waals surface area contributed by atoms with E-state index >= 15 is 0 Å². The van der Waals surface area contributed by atoms with E-state index in [1.807, 2.05) is 67.4 Å². The van der Waals surface area contributed by atoms with Crippen LogP contribution in [-0.4, -0.2) is 45.5 Å². The first-order valence-electron chi connectivity index (χ1n) is 6.57. The van der Waals surface area contributed by atoms with E-state index in [9.17, 15) is 0 Å². The molecule has 4 heterocycles. The van der Waals surface area contributed by atoms with Crippen molar-refractivity contribution in [3.8, 4) is 0 Å². The van der Waals surface area contributed by atoms with Crippen molar-refractivity contribution in [1.82, 2.24) is 38.8 Å². The third-order valence-corrected chi connectivity index (χ3v) is 3.52. The first-order valence-corrected chi connectivity index (χ1v) is 6.57. The van der Waals surface area contributed by atoms with Crippen LogP contribution in [0, 0.1) is 0 Å². The third-order valence-electron chi connectivity index (χ3n) is 3.52. The SMILES string of the molecule is [Na+].c1cnn([B-](n2cccn2)(n2cccn2)n2cccn2)c1. The fraction of sp³-hybridized carbons (Fsp3) is 0. The molecular formula is C12H12BN8Na. The van der Waals surface area contributed by atoms with Gasteiger partial charge in [0.25, 0.3) is 0 Å². The summed E-state index contributed by atoms with van der Waals surface area (Å²) in [7, 11) is 0. The van der Waals surface area contributed by atoms with E-state index in [-0.39, 0.29) is 29.6 Å². The molecule has 0 unspecified atom stereocenters. The van der Waals surface area contributed by atoms with Crippen LogP contribution in [-0.2, 0) is 0 Å². The molecule has 0 radical (unpaired) electrons. The van der Waals surface area contributed by atoms with Crippen molar-refractivity contribution in [1.29, 1.82) is 0 Å². The third kappa shape index (κ3) is 2.05. The second kappa shape index (κ2) is 5.95. The van der Waals surface area contributed by atoms with Crippen molar-refractivity contribution in [2.75, 3.05) is 0 Å². The molecule has 0 aliphatic rings. The first-order chi connectivity index (χ1) is 10.4. The zero-order valence-corrected chi connectivity index (χ0v) is 14.1. The minimum absolute atomic E-state index is 0. The molecule has 0 saturated carbocycles. The van der Waals surface area contributed by atoms with E-state index in [1.54, 1.807) is 24.8 Å². The molecule has 0 saturated heterocycles. The van der Waals surface area contributed by atoms with Crippen LogP contribution in [0.5, 0.6) is 0 Å². The first kappa shape index (κ1) is 14.8. The monoisotopic (exact) mass is 302 g/mol. The summed E-state index contributed by atoms with van der Waals surface area (Å²) in [6.45, 7) is -1.83. The zero-order valence-electron chi connectivity index (χ0n) is 12.1. The average molecular weight is 302 g/mol. The Morgan fingerprint density at radius 1 is 0.500 bits per heavy atom. The molecule has 0 bridgehead atoms. The van der Waals surface area contributed by atoms with Crippen molar-refractivity contribution in [3.05, 3.63) is 73.8 Å². The van der Waals surface area contributed by atoms with Crippen molar-refractivity contribution >= 4 is 6.69 Å². The van der Waals surface area contributed by atoms with E-state index in [0.29, 0.717) is 0 Å². The minimum Gasteiger partial charge on any atom is -0.379 e. The number of hydrogen-bond donors (Lipinski definition) is 0. The Morgan fingerprint density at radius 3 is 0.955 bits per heavy atom. The molecule has 4 aromatic rings. The largest absolute Gasteiger partial charge is 1.00 e. The van der Waals surface area contributed by atoms with Gasteiger partial charge in [0.05, 0.1) is 0 Å². The second-order valence-corrected chi connectivity index (χ2v) is 4.64. The van der Waals surface area contributed by atoms with E-state index in [0.717, 1.165) is 0 Å². The Bertz CT molecular complexity index is 649. The predicted octanol–water partition coefficient (Wildman–Crippen LogP) is -2.59. The van der Waals surface area contributed by atoms with Crippen LogP contribution < -0.4 is 29.6 Å². The molecular weight excluding hydrogens is 290 g/mol. The Hall–Kier alpha value is -2.10. The summed E-state index contributed by atoms with van der Waals surface area (Å²) in [6, 6.07) is 7.47. The maximum absolute atomic E-state index is 4.42. The smallest absolute Gasteiger partial charge is 0.379 e. The average Bonchev–Trinajstić information content (AvgIpc) is 3.32. The Kier molecular flexibility index (Phi) is 4.01. The van der Waals surface area contributed by atoms with Gasteiger partial charge in [0.15, 0.2) is 0 Å². The maximum atomic E-state index is 4.42. The Labute approximate surface area is 148 Å². The molecule has 22 heavy (non-hydrogen) atoms. The summed E-state index contributed by atoms with van der Waals surface area (Å²) in [4.78, 5) is 0. The van der Waals surface area contributed by atoms with E-state index < -0.39 is 6.69 Å². The molecule has 4 rings (SSSR count). The van der Waals surface area contributed by atoms with Crippen LogP contribution in [0.4, 0.5) is 0 Å². The number of nitrogens with zero attached hydrogens (tertiary/aromatic N) is 8. The topological polar surface area (TPSA) is 71.3 Å². The van der Waals surface area contributed by atoms with Crippen molar-refractivity contribution in [2.24, 2.45) is 0 Å². The van der Waals surface area contributed by atoms with Crippen LogP contribution in [0.15, 0.2) is 73.8 Å². The molecule has 0 atom stereocenters. The molecule has 0 aromatic carbocycles. The van der Waals surface area contributed by atoms with Gasteiger partial charge in [-0.2, -0.15) is 0 Å². The van der Waals surface area contributed by atoms with Crippen LogP contribution in [0.3, 0.4) is 0 Å². The normalized spacial score (nSPS) is 11.3. The summed E-state index contributed by atoms with van der Waals surface area (Å²) in [5, 5.41) is 17.7. The molecule has 8 nitrogen and oxygen atoms in total. The van der Waals surface area contributed by atoms with Gasteiger partial charge < -0.3 is 18.4 Å². The predicted molar refractivity (Wildman–Crippen MR) is 76.3 cm³/mol. The number of aromatic nitrogens is 8. The van der Waals surface area contributed by atoms with Crippen molar-refractivity contribution in [3.63, 3.8) is 0 Å². The zero-order chi connectivity index (χ0) is 14.1. The van der Waals surface area contributed by atoms with E-state index in [4.69, 9.17) is 0 Å². The van der Waals surface area contributed by atoms with Gasteiger partial charge in [-0.3, -0.25) is 0 Å². The van der Waals surface area contributed by atoms with Crippen LogP contribution in [0.25, 0.3) is 0 Å². The summed E-state index contributed by atoms with van der Waals surface area (Å²) in [5.41, 5.74) is 0. The van der Waals surface area contributed by atoms with Gasteiger partial charge in [-0.15, -0.1) is 0 Å². The second-order valence-electron chi connectivity index (χ2n) is 4.64. The summed E-state index contributed by atoms with van der Waals surface area (Å²) in [6.07, 6.45) is 14.4. The quantitative estimate of drug-likeness (QED) is 0.388. The number of rotatable bonds is 4. The van der Waals surface area contributed by atoms with Gasteiger partial charge in [-0.05, 0) is 49.1 Å². The summed E-state index contributed by atoms with van der Waals surface area (Å²) in [5.74, 6) is 0. The molecule has 4 aromatic heterocycles. The molecule has 10 heteroatoms. The minimum atomic E-state index is -1.83. The van der Waals surface area contributed by atoms with Crippen molar-refractivity contribution < 1.29 is 29.6 Å². The maximum Gasteiger partial charge on any atom is 1.00 e. The molecule has 0 N–H and O–H groups in total. The molecule has 0 aliphatic heterocycles. The van der Waals surface area contributed by atoms with Gasteiger partial charge in [-0.1, -0.05) is 0 Å². The number of hydrogen-bond acceptors (Lipinski definition) is 4.